The molecule has 0 radical (unpaired) electrons. The quantitative estimate of drug-likeness (QED) is 0.823. The lowest BCUT2D eigenvalue weighted by Crippen LogP contribution is -2.39. The zero-order valence-electron chi connectivity index (χ0n) is 9.13. The van der Waals surface area contributed by atoms with Gasteiger partial charge >= 0.3 is 6.18 Å². The molecular weight excluding hydrogens is 281 g/mol. The molecule has 1 aromatic carbocycles. The van der Waals surface area contributed by atoms with Gasteiger partial charge in [-0.05, 0) is 18.6 Å². The van der Waals surface area contributed by atoms with E-state index in [4.69, 9.17) is 10.8 Å². The summed E-state index contributed by atoms with van der Waals surface area (Å²) in [6, 6.07) is -0.327. The van der Waals surface area contributed by atoms with Crippen LogP contribution in [0.25, 0.3) is 0 Å². The molecule has 0 saturated heterocycles. The van der Waals surface area contributed by atoms with Gasteiger partial charge in [-0.15, -0.1) is 12.4 Å². The van der Waals surface area contributed by atoms with Crippen molar-refractivity contribution in [2.75, 3.05) is 0 Å². The van der Waals surface area contributed by atoms with Gasteiger partial charge in [0.05, 0.1) is 6.04 Å². The zero-order chi connectivity index (χ0) is 13.4. The highest BCUT2D eigenvalue weighted by Crippen LogP contribution is 2.31. The van der Waals surface area contributed by atoms with Crippen molar-refractivity contribution < 1.29 is 27.1 Å². The summed E-state index contributed by atoms with van der Waals surface area (Å²) in [5, 5.41) is 8.86. The number of hydrogen-bond donors (Lipinski definition) is 2. The predicted molar refractivity (Wildman–Crippen MR) is 57.3 cm³/mol. The third kappa shape index (κ3) is 3.30. The SMILES string of the molecule is Cc1ccc(F)c([C@@H](N)[C@@H](O)C(F)(F)F)c1F.Cl. The Bertz CT molecular complexity index is 423. The third-order valence-corrected chi connectivity index (χ3v) is 2.33. The first-order valence-corrected chi connectivity index (χ1v) is 4.61. The number of rotatable bonds is 2. The van der Waals surface area contributed by atoms with Gasteiger partial charge in [0, 0.05) is 5.56 Å². The Morgan fingerprint density at radius 3 is 2.17 bits per heavy atom. The van der Waals surface area contributed by atoms with Crippen LogP contribution >= 0.6 is 12.4 Å². The van der Waals surface area contributed by atoms with E-state index in [2.05, 4.69) is 0 Å². The van der Waals surface area contributed by atoms with Crippen LogP contribution in [0.2, 0.25) is 0 Å². The Labute approximate surface area is 106 Å². The molecule has 8 heteroatoms. The highest BCUT2D eigenvalue weighted by molar-refractivity contribution is 5.85. The molecule has 0 aliphatic carbocycles. The van der Waals surface area contributed by atoms with Crippen molar-refractivity contribution >= 4 is 12.4 Å². The minimum absolute atomic E-state index is 0. The van der Waals surface area contributed by atoms with Gasteiger partial charge in [0.25, 0.3) is 0 Å². The maximum Gasteiger partial charge on any atom is 0.416 e. The minimum atomic E-state index is -5.04. The molecule has 0 saturated carbocycles. The summed E-state index contributed by atoms with van der Waals surface area (Å²) in [4.78, 5) is 0. The average molecular weight is 292 g/mol. The fraction of sp³-hybridized carbons (Fsp3) is 0.400. The molecule has 18 heavy (non-hydrogen) atoms. The van der Waals surface area contributed by atoms with Crippen molar-refractivity contribution in [1.29, 1.82) is 0 Å². The molecule has 2 atom stereocenters. The van der Waals surface area contributed by atoms with Crippen molar-refractivity contribution in [2.24, 2.45) is 5.73 Å². The van der Waals surface area contributed by atoms with E-state index in [0.717, 1.165) is 12.1 Å². The first kappa shape index (κ1) is 17.1. The van der Waals surface area contributed by atoms with Crippen molar-refractivity contribution in [1.82, 2.24) is 0 Å². The van der Waals surface area contributed by atoms with E-state index in [-0.39, 0.29) is 18.0 Å². The lowest BCUT2D eigenvalue weighted by atomic mass is 9.98. The van der Waals surface area contributed by atoms with Crippen molar-refractivity contribution in [2.45, 2.75) is 25.2 Å². The Balaban J connectivity index is 0.00000289. The lowest BCUT2D eigenvalue weighted by molar-refractivity contribution is -0.210. The van der Waals surface area contributed by atoms with Crippen molar-refractivity contribution in [3.05, 3.63) is 34.9 Å². The molecule has 0 fully saturated rings. The van der Waals surface area contributed by atoms with E-state index in [1.54, 1.807) is 0 Å². The monoisotopic (exact) mass is 291 g/mol. The highest BCUT2D eigenvalue weighted by atomic mass is 35.5. The molecular formula is C10H11ClF5NO. The van der Waals surface area contributed by atoms with Crippen LogP contribution in [0.15, 0.2) is 12.1 Å². The molecule has 3 N–H and O–H groups in total. The van der Waals surface area contributed by atoms with E-state index in [1.165, 1.54) is 6.92 Å². The molecule has 0 bridgehead atoms. The molecule has 0 spiro atoms. The second-order valence-corrected chi connectivity index (χ2v) is 3.60. The van der Waals surface area contributed by atoms with E-state index in [1.807, 2.05) is 0 Å². The average Bonchev–Trinajstić information content (AvgIpc) is 2.21. The summed E-state index contributed by atoms with van der Waals surface area (Å²) in [6.07, 6.45) is -8.06. The zero-order valence-corrected chi connectivity index (χ0v) is 9.95. The highest BCUT2D eigenvalue weighted by Gasteiger charge is 2.44. The van der Waals surface area contributed by atoms with Crippen molar-refractivity contribution in [3.63, 3.8) is 0 Å². The number of aliphatic hydroxyl groups excluding tert-OH is 1. The lowest BCUT2D eigenvalue weighted by Gasteiger charge is -2.22. The van der Waals surface area contributed by atoms with Gasteiger partial charge in [-0.3, -0.25) is 0 Å². The van der Waals surface area contributed by atoms with Crippen molar-refractivity contribution in [3.8, 4) is 0 Å². The van der Waals surface area contributed by atoms with Gasteiger partial charge in [0.15, 0.2) is 6.10 Å². The fourth-order valence-corrected chi connectivity index (χ4v) is 1.35. The maximum absolute atomic E-state index is 13.5. The molecule has 104 valence electrons. The van der Waals surface area contributed by atoms with Crippen LogP contribution < -0.4 is 5.73 Å². The van der Waals surface area contributed by atoms with Gasteiger partial charge in [-0.2, -0.15) is 13.2 Å². The van der Waals surface area contributed by atoms with Crippen LogP contribution in [0.3, 0.4) is 0 Å². The van der Waals surface area contributed by atoms with Gasteiger partial charge in [0.1, 0.15) is 11.6 Å². The summed E-state index contributed by atoms with van der Waals surface area (Å²) in [7, 11) is 0. The van der Waals surface area contributed by atoms with Gasteiger partial charge in [-0.1, -0.05) is 6.07 Å². The molecule has 0 aromatic heterocycles. The number of benzene rings is 1. The minimum Gasteiger partial charge on any atom is -0.382 e. The second-order valence-electron chi connectivity index (χ2n) is 3.60. The molecule has 0 heterocycles. The van der Waals surface area contributed by atoms with Crippen LogP contribution in [0, 0.1) is 18.6 Å². The van der Waals surface area contributed by atoms with Gasteiger partial charge in [-0.25, -0.2) is 8.78 Å². The Morgan fingerprint density at radius 2 is 1.72 bits per heavy atom. The van der Waals surface area contributed by atoms with E-state index < -0.39 is 35.5 Å². The summed E-state index contributed by atoms with van der Waals surface area (Å²) in [5.41, 5.74) is 4.03. The second kappa shape index (κ2) is 5.81. The summed E-state index contributed by atoms with van der Waals surface area (Å²) in [6.45, 7) is 1.25. The summed E-state index contributed by atoms with van der Waals surface area (Å²) in [5.74, 6) is -2.40. The standard InChI is InChI=1S/C10H10F5NO.ClH/c1-4-2-3-5(11)6(7(4)12)8(16)9(17)10(13,14)15;/h2-3,8-9,17H,16H2,1H3;1H/t8-,9-;/m1./s1. The predicted octanol–water partition coefficient (Wildman–Crippen LogP) is 2.62. The largest absolute Gasteiger partial charge is 0.416 e. The summed E-state index contributed by atoms with van der Waals surface area (Å²) < 4.78 is 63.2. The molecule has 0 amide bonds. The van der Waals surface area contributed by atoms with Crippen LogP contribution in [0.1, 0.15) is 17.2 Å². The Morgan fingerprint density at radius 1 is 1.22 bits per heavy atom. The number of halogens is 6. The summed E-state index contributed by atoms with van der Waals surface area (Å²) >= 11 is 0. The van der Waals surface area contributed by atoms with Gasteiger partial charge in [0.2, 0.25) is 0 Å². The third-order valence-electron chi connectivity index (χ3n) is 2.33. The Hall–Kier alpha value is -0.920. The van der Waals surface area contributed by atoms with Gasteiger partial charge < -0.3 is 10.8 Å². The number of aryl methyl sites for hydroxylation is 1. The Kier molecular flexibility index (Phi) is 5.52. The topological polar surface area (TPSA) is 46.2 Å². The van der Waals surface area contributed by atoms with E-state index in [0.29, 0.717) is 0 Å². The smallest absolute Gasteiger partial charge is 0.382 e. The fourth-order valence-electron chi connectivity index (χ4n) is 1.35. The first-order valence-electron chi connectivity index (χ1n) is 4.61. The van der Waals surface area contributed by atoms with Crippen LogP contribution in [-0.4, -0.2) is 17.4 Å². The molecule has 0 aliphatic heterocycles. The number of aliphatic hydroxyl groups is 1. The van der Waals surface area contributed by atoms with Crippen LogP contribution in [0.5, 0.6) is 0 Å². The number of nitrogens with two attached hydrogens (primary N) is 1. The molecule has 1 rings (SSSR count). The molecule has 0 unspecified atom stereocenters. The van der Waals surface area contributed by atoms with E-state index >= 15 is 0 Å². The normalized spacial score (nSPS) is 14.9. The number of hydrogen-bond acceptors (Lipinski definition) is 2. The number of alkyl halides is 3. The van der Waals surface area contributed by atoms with Crippen LogP contribution in [0.4, 0.5) is 22.0 Å². The van der Waals surface area contributed by atoms with E-state index in [9.17, 15) is 22.0 Å². The first-order chi connectivity index (χ1) is 7.66. The van der Waals surface area contributed by atoms with Crippen LogP contribution in [-0.2, 0) is 0 Å². The molecule has 1 aromatic rings. The molecule has 0 aliphatic rings. The molecule has 2 nitrogen and oxygen atoms in total. The maximum atomic E-state index is 13.5.